The van der Waals surface area contributed by atoms with Crippen molar-refractivity contribution in [2.24, 2.45) is 0 Å². The number of pyridine rings is 1. The standard InChI is InChI=1S/C18H11Cl2N5O4/c19-12-5-10(25-18(28)22-17(27)14(7-21)23-25)6-13(20)16(12)29-11-3-4-15(26)24(8-11)9-1-2-9/h3-6,8-9H,1-2H2,(H,22,27,28). The third kappa shape index (κ3) is 3.68. The number of nitrogens with one attached hydrogen (secondary N) is 1. The average Bonchev–Trinajstić information content (AvgIpc) is 3.51. The van der Waals surface area contributed by atoms with Gasteiger partial charge in [-0.05, 0) is 31.0 Å². The molecule has 11 heteroatoms. The van der Waals surface area contributed by atoms with Crippen molar-refractivity contribution in [1.82, 2.24) is 19.3 Å². The highest BCUT2D eigenvalue weighted by atomic mass is 35.5. The number of H-pyrrole nitrogens is 1. The molecule has 0 radical (unpaired) electrons. The lowest BCUT2D eigenvalue weighted by atomic mass is 10.3. The Bertz CT molecular complexity index is 1320. The van der Waals surface area contributed by atoms with E-state index in [4.69, 9.17) is 33.2 Å². The van der Waals surface area contributed by atoms with Crippen molar-refractivity contribution in [1.29, 1.82) is 5.26 Å². The molecule has 29 heavy (non-hydrogen) atoms. The number of nitrogens with zero attached hydrogens (tertiary/aromatic N) is 4. The first-order valence-electron chi connectivity index (χ1n) is 8.40. The number of rotatable bonds is 4. The fourth-order valence-electron chi connectivity index (χ4n) is 2.71. The van der Waals surface area contributed by atoms with E-state index in [2.05, 4.69) is 5.10 Å². The zero-order chi connectivity index (χ0) is 20.7. The summed E-state index contributed by atoms with van der Waals surface area (Å²) in [5.74, 6) is 0.496. The molecule has 2 aromatic heterocycles. The zero-order valence-electron chi connectivity index (χ0n) is 14.6. The van der Waals surface area contributed by atoms with E-state index in [0.717, 1.165) is 17.5 Å². The first-order chi connectivity index (χ1) is 13.9. The minimum atomic E-state index is -0.892. The van der Waals surface area contributed by atoms with E-state index in [1.165, 1.54) is 24.3 Å². The van der Waals surface area contributed by atoms with E-state index in [-0.39, 0.29) is 33.1 Å². The maximum atomic E-state index is 12.0. The average molecular weight is 432 g/mol. The predicted molar refractivity (Wildman–Crippen MR) is 104 cm³/mol. The minimum Gasteiger partial charge on any atom is -0.453 e. The van der Waals surface area contributed by atoms with Crippen LogP contribution in [-0.4, -0.2) is 19.3 Å². The second-order valence-electron chi connectivity index (χ2n) is 6.31. The van der Waals surface area contributed by atoms with Gasteiger partial charge in [0.15, 0.2) is 5.75 Å². The Morgan fingerprint density at radius 2 is 1.86 bits per heavy atom. The van der Waals surface area contributed by atoms with Gasteiger partial charge in [0.25, 0.3) is 11.1 Å². The summed E-state index contributed by atoms with van der Waals surface area (Å²) in [5.41, 5.74) is -2.22. The van der Waals surface area contributed by atoms with Crippen LogP contribution in [0.3, 0.4) is 0 Å². The van der Waals surface area contributed by atoms with Crippen LogP contribution in [0.15, 0.2) is 44.8 Å². The van der Waals surface area contributed by atoms with E-state index in [9.17, 15) is 14.4 Å². The molecule has 1 aliphatic carbocycles. The van der Waals surface area contributed by atoms with Crippen molar-refractivity contribution in [2.75, 3.05) is 0 Å². The fraction of sp³-hybridized carbons (Fsp3) is 0.167. The fourth-order valence-corrected chi connectivity index (χ4v) is 3.27. The van der Waals surface area contributed by atoms with Gasteiger partial charge in [-0.25, -0.2) is 4.79 Å². The second kappa shape index (κ2) is 7.24. The van der Waals surface area contributed by atoms with Gasteiger partial charge in [-0.3, -0.25) is 14.6 Å². The quantitative estimate of drug-likeness (QED) is 0.676. The SMILES string of the molecule is N#Cc1nn(-c2cc(Cl)c(Oc3ccc(=O)n(C4CC4)c3)c(Cl)c2)c(=O)[nH]c1=O. The van der Waals surface area contributed by atoms with Crippen LogP contribution in [0.1, 0.15) is 24.6 Å². The van der Waals surface area contributed by atoms with Crippen LogP contribution in [0.4, 0.5) is 0 Å². The molecule has 0 bridgehead atoms. The van der Waals surface area contributed by atoms with Crippen LogP contribution in [0.25, 0.3) is 5.69 Å². The number of halogens is 2. The molecule has 0 spiro atoms. The number of hydrogen-bond acceptors (Lipinski definition) is 6. The summed E-state index contributed by atoms with van der Waals surface area (Å²) >= 11 is 12.6. The van der Waals surface area contributed by atoms with Gasteiger partial charge in [-0.1, -0.05) is 23.2 Å². The molecule has 2 heterocycles. The number of benzene rings is 1. The molecule has 0 unspecified atom stereocenters. The molecule has 1 fully saturated rings. The molecule has 1 saturated carbocycles. The lowest BCUT2D eigenvalue weighted by Crippen LogP contribution is -2.33. The highest BCUT2D eigenvalue weighted by Gasteiger charge is 2.25. The number of hydrogen-bond donors (Lipinski definition) is 1. The molecule has 0 atom stereocenters. The van der Waals surface area contributed by atoms with Crippen molar-refractivity contribution in [3.63, 3.8) is 0 Å². The number of aromatic nitrogens is 4. The molecular weight excluding hydrogens is 421 g/mol. The molecular formula is C18H11Cl2N5O4. The van der Waals surface area contributed by atoms with Gasteiger partial charge in [0.1, 0.15) is 11.8 Å². The molecule has 1 aliphatic rings. The zero-order valence-corrected chi connectivity index (χ0v) is 16.1. The first-order valence-corrected chi connectivity index (χ1v) is 9.16. The van der Waals surface area contributed by atoms with Crippen molar-refractivity contribution >= 4 is 23.2 Å². The number of ether oxygens (including phenoxy) is 1. The predicted octanol–water partition coefficient (Wildman–Crippen LogP) is 2.39. The van der Waals surface area contributed by atoms with Gasteiger partial charge < -0.3 is 9.30 Å². The van der Waals surface area contributed by atoms with E-state index in [0.29, 0.717) is 5.75 Å². The van der Waals surface area contributed by atoms with Gasteiger partial charge >= 0.3 is 5.69 Å². The highest BCUT2D eigenvalue weighted by Crippen LogP contribution is 2.39. The van der Waals surface area contributed by atoms with Crippen LogP contribution >= 0.6 is 23.2 Å². The summed E-state index contributed by atoms with van der Waals surface area (Å²) in [6.07, 6.45) is 3.46. The molecule has 1 aromatic carbocycles. The van der Waals surface area contributed by atoms with Crippen molar-refractivity contribution in [3.05, 3.63) is 77.4 Å². The summed E-state index contributed by atoms with van der Waals surface area (Å²) in [6.45, 7) is 0. The van der Waals surface area contributed by atoms with Gasteiger partial charge in [-0.2, -0.15) is 9.94 Å². The molecule has 0 saturated heterocycles. The molecule has 4 rings (SSSR count). The lowest BCUT2D eigenvalue weighted by Gasteiger charge is -2.13. The summed E-state index contributed by atoms with van der Waals surface area (Å²) in [6, 6.07) is 7.39. The normalized spacial score (nSPS) is 13.1. The smallest absolute Gasteiger partial charge is 0.349 e. The lowest BCUT2D eigenvalue weighted by molar-refractivity contribution is 0.473. The van der Waals surface area contributed by atoms with Gasteiger partial charge in [0.2, 0.25) is 5.69 Å². The van der Waals surface area contributed by atoms with E-state index >= 15 is 0 Å². The van der Waals surface area contributed by atoms with E-state index in [1.54, 1.807) is 16.8 Å². The number of aromatic amines is 1. The minimum absolute atomic E-state index is 0.0649. The van der Waals surface area contributed by atoms with Crippen LogP contribution < -0.4 is 21.5 Å². The summed E-state index contributed by atoms with van der Waals surface area (Å²) in [5, 5.41) is 12.8. The Morgan fingerprint density at radius 1 is 1.17 bits per heavy atom. The third-order valence-corrected chi connectivity index (χ3v) is 4.79. The van der Waals surface area contributed by atoms with Crippen molar-refractivity contribution < 1.29 is 4.74 Å². The highest BCUT2D eigenvalue weighted by molar-refractivity contribution is 6.37. The summed E-state index contributed by atoms with van der Waals surface area (Å²) in [7, 11) is 0. The Hall–Kier alpha value is -3.35. The number of nitriles is 1. The Balaban J connectivity index is 1.73. The molecule has 9 nitrogen and oxygen atoms in total. The first kappa shape index (κ1) is 19.0. The van der Waals surface area contributed by atoms with Crippen LogP contribution in [0, 0.1) is 11.3 Å². The second-order valence-corrected chi connectivity index (χ2v) is 7.13. The van der Waals surface area contributed by atoms with Crippen LogP contribution in [-0.2, 0) is 0 Å². The third-order valence-electron chi connectivity index (χ3n) is 4.23. The van der Waals surface area contributed by atoms with E-state index in [1.807, 2.05) is 4.98 Å². The Kier molecular flexibility index (Phi) is 4.74. The van der Waals surface area contributed by atoms with Crippen molar-refractivity contribution in [2.45, 2.75) is 18.9 Å². The van der Waals surface area contributed by atoms with Gasteiger partial charge in [0.05, 0.1) is 21.9 Å². The maximum absolute atomic E-state index is 12.0. The monoisotopic (exact) mass is 431 g/mol. The molecule has 146 valence electrons. The summed E-state index contributed by atoms with van der Waals surface area (Å²) in [4.78, 5) is 37.4. The maximum Gasteiger partial charge on any atom is 0.349 e. The largest absolute Gasteiger partial charge is 0.453 e. The van der Waals surface area contributed by atoms with Gasteiger partial charge in [0, 0.05) is 12.1 Å². The molecule has 3 aromatic rings. The van der Waals surface area contributed by atoms with E-state index < -0.39 is 16.9 Å². The Labute approximate surface area is 172 Å². The topological polar surface area (TPSA) is 123 Å². The van der Waals surface area contributed by atoms with Gasteiger partial charge in [-0.15, -0.1) is 5.10 Å². The van der Waals surface area contributed by atoms with Crippen LogP contribution in [0.5, 0.6) is 11.5 Å². The molecule has 1 N–H and O–H groups in total. The summed E-state index contributed by atoms with van der Waals surface area (Å²) < 4.78 is 8.15. The van der Waals surface area contributed by atoms with Crippen LogP contribution in [0.2, 0.25) is 10.0 Å². The van der Waals surface area contributed by atoms with Crippen molar-refractivity contribution in [3.8, 4) is 23.3 Å². The molecule has 0 amide bonds. The Morgan fingerprint density at radius 3 is 2.48 bits per heavy atom. The molecule has 0 aliphatic heterocycles.